The summed E-state index contributed by atoms with van der Waals surface area (Å²) >= 11 is 0. The van der Waals surface area contributed by atoms with Crippen LogP contribution in [0.4, 0.5) is 0 Å². The summed E-state index contributed by atoms with van der Waals surface area (Å²) < 4.78 is 0. The Hall–Kier alpha value is -0.890. The first-order chi connectivity index (χ1) is 7.12. The van der Waals surface area contributed by atoms with E-state index in [1.54, 1.807) is 0 Å². The zero-order valence-corrected chi connectivity index (χ0v) is 9.66. The standard InChI is InChI=1S/C13H20N2/c1-10-3-6-13(14,7-4-10)12-9-15-8-5-11(12)2/h5,8-10H,3-4,6-7,14H2,1-2H3. The number of hydrogen-bond acceptors (Lipinski definition) is 2. The van der Waals surface area contributed by atoms with Gasteiger partial charge in [0.25, 0.3) is 0 Å². The van der Waals surface area contributed by atoms with Gasteiger partial charge in [-0.3, -0.25) is 4.98 Å². The van der Waals surface area contributed by atoms with Crippen LogP contribution in [0.25, 0.3) is 0 Å². The van der Waals surface area contributed by atoms with E-state index >= 15 is 0 Å². The molecular formula is C13H20N2. The Bertz CT molecular complexity index is 338. The van der Waals surface area contributed by atoms with Crippen molar-refractivity contribution in [3.8, 4) is 0 Å². The molecule has 1 aromatic rings. The van der Waals surface area contributed by atoms with E-state index in [4.69, 9.17) is 5.73 Å². The largest absolute Gasteiger partial charge is 0.321 e. The number of aryl methyl sites for hydroxylation is 1. The van der Waals surface area contributed by atoms with Gasteiger partial charge in [0.2, 0.25) is 0 Å². The van der Waals surface area contributed by atoms with Gasteiger partial charge in [0.15, 0.2) is 0 Å². The molecular weight excluding hydrogens is 184 g/mol. The van der Waals surface area contributed by atoms with Gasteiger partial charge in [0.05, 0.1) is 0 Å². The molecule has 0 atom stereocenters. The van der Waals surface area contributed by atoms with Crippen molar-refractivity contribution in [2.45, 2.75) is 45.1 Å². The SMILES string of the molecule is Cc1ccncc1C1(N)CCC(C)CC1. The topological polar surface area (TPSA) is 38.9 Å². The molecule has 1 saturated carbocycles. The van der Waals surface area contributed by atoms with Crippen molar-refractivity contribution in [1.82, 2.24) is 4.98 Å². The minimum absolute atomic E-state index is 0.120. The lowest BCUT2D eigenvalue weighted by atomic mass is 9.73. The molecule has 2 rings (SSSR count). The normalized spacial score (nSPS) is 31.5. The highest BCUT2D eigenvalue weighted by atomic mass is 14.8. The number of hydrogen-bond donors (Lipinski definition) is 1. The average molecular weight is 204 g/mol. The van der Waals surface area contributed by atoms with Crippen LogP contribution in [0.1, 0.15) is 43.7 Å². The predicted octanol–water partition coefficient (Wildman–Crippen LogP) is 2.75. The third kappa shape index (κ3) is 2.05. The van der Waals surface area contributed by atoms with Gasteiger partial charge in [-0.2, -0.15) is 0 Å². The predicted molar refractivity (Wildman–Crippen MR) is 62.5 cm³/mol. The van der Waals surface area contributed by atoms with E-state index in [0.29, 0.717) is 0 Å². The van der Waals surface area contributed by atoms with Crippen LogP contribution in [-0.2, 0) is 5.54 Å². The second kappa shape index (κ2) is 3.93. The van der Waals surface area contributed by atoms with Crippen molar-refractivity contribution in [2.24, 2.45) is 11.7 Å². The van der Waals surface area contributed by atoms with E-state index in [2.05, 4.69) is 24.9 Å². The zero-order chi connectivity index (χ0) is 10.9. The molecule has 1 aromatic heterocycles. The highest BCUT2D eigenvalue weighted by Gasteiger charge is 2.32. The summed E-state index contributed by atoms with van der Waals surface area (Å²) in [4.78, 5) is 4.20. The Kier molecular flexibility index (Phi) is 2.79. The fourth-order valence-electron chi connectivity index (χ4n) is 2.53. The van der Waals surface area contributed by atoms with Crippen molar-refractivity contribution < 1.29 is 0 Å². The summed E-state index contributed by atoms with van der Waals surface area (Å²) in [7, 11) is 0. The van der Waals surface area contributed by atoms with Gasteiger partial charge in [-0.05, 0) is 55.7 Å². The molecule has 2 N–H and O–H groups in total. The molecule has 1 heterocycles. The van der Waals surface area contributed by atoms with Crippen molar-refractivity contribution in [2.75, 3.05) is 0 Å². The third-order valence-electron chi connectivity index (χ3n) is 3.74. The summed E-state index contributed by atoms with van der Waals surface area (Å²) in [5.74, 6) is 0.832. The maximum absolute atomic E-state index is 6.50. The minimum Gasteiger partial charge on any atom is -0.321 e. The Balaban J connectivity index is 2.26. The summed E-state index contributed by atoms with van der Waals surface area (Å²) in [5, 5.41) is 0. The first kappa shape index (κ1) is 10.6. The van der Waals surface area contributed by atoms with Gasteiger partial charge in [0.1, 0.15) is 0 Å². The number of rotatable bonds is 1. The molecule has 2 heteroatoms. The van der Waals surface area contributed by atoms with Crippen LogP contribution < -0.4 is 5.73 Å². The minimum atomic E-state index is -0.120. The highest BCUT2D eigenvalue weighted by Crippen LogP contribution is 2.38. The molecule has 1 aliphatic carbocycles. The summed E-state index contributed by atoms with van der Waals surface area (Å²) in [6.45, 7) is 4.44. The van der Waals surface area contributed by atoms with Crippen molar-refractivity contribution in [1.29, 1.82) is 0 Å². The van der Waals surface area contributed by atoms with E-state index in [0.717, 1.165) is 18.8 Å². The van der Waals surface area contributed by atoms with Crippen LogP contribution >= 0.6 is 0 Å². The van der Waals surface area contributed by atoms with Crippen LogP contribution in [0.2, 0.25) is 0 Å². The number of aromatic nitrogens is 1. The van der Waals surface area contributed by atoms with E-state index in [1.807, 2.05) is 12.4 Å². The zero-order valence-electron chi connectivity index (χ0n) is 9.66. The molecule has 82 valence electrons. The number of pyridine rings is 1. The van der Waals surface area contributed by atoms with Gasteiger partial charge in [0, 0.05) is 17.9 Å². The molecule has 0 radical (unpaired) electrons. The van der Waals surface area contributed by atoms with Crippen LogP contribution in [0.3, 0.4) is 0 Å². The molecule has 0 saturated heterocycles. The first-order valence-electron chi connectivity index (χ1n) is 5.82. The second-order valence-electron chi connectivity index (χ2n) is 5.03. The Morgan fingerprint density at radius 1 is 1.40 bits per heavy atom. The van der Waals surface area contributed by atoms with E-state index in [9.17, 15) is 0 Å². The van der Waals surface area contributed by atoms with Crippen molar-refractivity contribution in [3.05, 3.63) is 29.6 Å². The summed E-state index contributed by atoms with van der Waals surface area (Å²) in [6, 6.07) is 2.06. The summed E-state index contributed by atoms with van der Waals surface area (Å²) in [6.07, 6.45) is 8.47. The molecule has 0 unspecified atom stereocenters. The molecule has 1 aliphatic rings. The molecule has 1 fully saturated rings. The fraction of sp³-hybridized carbons (Fsp3) is 0.615. The summed E-state index contributed by atoms with van der Waals surface area (Å²) in [5.41, 5.74) is 8.91. The van der Waals surface area contributed by atoms with Gasteiger partial charge in [-0.25, -0.2) is 0 Å². The van der Waals surface area contributed by atoms with E-state index < -0.39 is 0 Å². The van der Waals surface area contributed by atoms with Gasteiger partial charge < -0.3 is 5.73 Å². The maximum atomic E-state index is 6.50. The third-order valence-corrected chi connectivity index (χ3v) is 3.74. The average Bonchev–Trinajstić information content (AvgIpc) is 2.23. The lowest BCUT2D eigenvalue weighted by Gasteiger charge is -2.37. The van der Waals surface area contributed by atoms with E-state index in [1.165, 1.54) is 24.0 Å². The van der Waals surface area contributed by atoms with Gasteiger partial charge in [-0.1, -0.05) is 6.92 Å². The second-order valence-corrected chi connectivity index (χ2v) is 5.03. The van der Waals surface area contributed by atoms with Crippen LogP contribution in [0.5, 0.6) is 0 Å². The van der Waals surface area contributed by atoms with Crippen LogP contribution in [0, 0.1) is 12.8 Å². The Morgan fingerprint density at radius 3 is 2.67 bits per heavy atom. The molecule has 0 amide bonds. The molecule has 2 nitrogen and oxygen atoms in total. The van der Waals surface area contributed by atoms with Crippen LogP contribution in [0.15, 0.2) is 18.5 Å². The van der Waals surface area contributed by atoms with Gasteiger partial charge >= 0.3 is 0 Å². The first-order valence-corrected chi connectivity index (χ1v) is 5.82. The molecule has 0 aliphatic heterocycles. The molecule has 0 bridgehead atoms. The van der Waals surface area contributed by atoms with Crippen molar-refractivity contribution >= 4 is 0 Å². The molecule has 0 spiro atoms. The molecule has 15 heavy (non-hydrogen) atoms. The Morgan fingerprint density at radius 2 is 2.07 bits per heavy atom. The van der Waals surface area contributed by atoms with Crippen molar-refractivity contribution in [3.63, 3.8) is 0 Å². The van der Waals surface area contributed by atoms with Crippen LogP contribution in [-0.4, -0.2) is 4.98 Å². The maximum Gasteiger partial charge on any atom is 0.0427 e. The smallest absolute Gasteiger partial charge is 0.0427 e. The quantitative estimate of drug-likeness (QED) is 0.764. The monoisotopic (exact) mass is 204 g/mol. The lowest BCUT2D eigenvalue weighted by molar-refractivity contribution is 0.246. The highest BCUT2D eigenvalue weighted by molar-refractivity contribution is 5.29. The van der Waals surface area contributed by atoms with Gasteiger partial charge in [-0.15, -0.1) is 0 Å². The number of nitrogens with two attached hydrogens (primary N) is 1. The lowest BCUT2D eigenvalue weighted by Crippen LogP contribution is -2.40. The number of nitrogens with zero attached hydrogens (tertiary/aromatic N) is 1. The Labute approximate surface area is 91.9 Å². The fourth-order valence-corrected chi connectivity index (χ4v) is 2.53. The van der Waals surface area contributed by atoms with E-state index in [-0.39, 0.29) is 5.54 Å². The molecule has 0 aromatic carbocycles.